The molecule has 0 spiro atoms. The molecule has 0 radical (unpaired) electrons. The van der Waals surface area contributed by atoms with Crippen LogP contribution < -0.4 is 0 Å². The molecule has 4 saturated carbocycles. The third-order valence-corrected chi connectivity index (χ3v) is 17.9. The van der Waals surface area contributed by atoms with Gasteiger partial charge in [-0.1, -0.05) is 53.2 Å². The Kier molecular flexibility index (Phi) is 12.7. The van der Waals surface area contributed by atoms with Gasteiger partial charge in [0.15, 0.2) is 12.4 Å². The molecule has 0 amide bonds. The maximum Gasteiger partial charge on any atom is 0.315 e. The zero-order valence-corrected chi connectivity index (χ0v) is 37.8. The summed E-state index contributed by atoms with van der Waals surface area (Å²) in [5, 5.41) is 74.7. The van der Waals surface area contributed by atoms with Crippen LogP contribution in [-0.4, -0.2) is 140 Å². The number of hydrogen-bond donors (Lipinski definition) is 7. The third kappa shape index (κ3) is 7.38. The van der Waals surface area contributed by atoms with Crippen LogP contribution in [-0.2, 0) is 42.8 Å². The van der Waals surface area contributed by atoms with Crippen molar-refractivity contribution < 1.29 is 78.6 Å². The van der Waals surface area contributed by atoms with Gasteiger partial charge in [-0.3, -0.25) is 14.4 Å². The Bertz CT molecular complexity index is 1750. The zero-order chi connectivity index (χ0) is 45.7. The van der Waals surface area contributed by atoms with E-state index in [0.717, 1.165) is 18.4 Å². The third-order valence-electron chi connectivity index (χ3n) is 17.9. The van der Waals surface area contributed by atoms with Crippen molar-refractivity contribution >= 4 is 17.9 Å². The maximum atomic E-state index is 15.2. The molecule has 0 aromatic rings. The van der Waals surface area contributed by atoms with Crippen LogP contribution in [0.5, 0.6) is 0 Å². The van der Waals surface area contributed by atoms with E-state index in [1.165, 1.54) is 20.8 Å². The van der Waals surface area contributed by atoms with E-state index >= 15 is 4.79 Å². The van der Waals surface area contributed by atoms with Crippen LogP contribution in [0.3, 0.4) is 0 Å². The van der Waals surface area contributed by atoms with E-state index in [1.54, 1.807) is 0 Å². The van der Waals surface area contributed by atoms with Gasteiger partial charge in [-0.25, -0.2) is 0 Å². The summed E-state index contributed by atoms with van der Waals surface area (Å²) in [6.07, 6.45) is -9.11. The minimum Gasteiger partial charge on any atom is -0.459 e. The molecule has 7 aliphatic rings. The highest BCUT2D eigenvalue weighted by atomic mass is 16.8. The summed E-state index contributed by atoms with van der Waals surface area (Å²) < 4.78 is 35.7. The number of aliphatic hydroxyl groups is 7. The van der Waals surface area contributed by atoms with Gasteiger partial charge in [0.05, 0.1) is 18.1 Å². The normalized spacial score (nSPS) is 51.0. The number of hydrogen-bond acceptors (Lipinski definition) is 16. The van der Waals surface area contributed by atoms with Crippen molar-refractivity contribution in [2.75, 3.05) is 13.2 Å². The van der Waals surface area contributed by atoms with E-state index in [4.69, 9.17) is 28.4 Å². The van der Waals surface area contributed by atoms with Crippen LogP contribution in [0.1, 0.15) is 120 Å². The van der Waals surface area contributed by atoms with Gasteiger partial charge < -0.3 is 64.2 Å². The van der Waals surface area contributed by atoms with Crippen molar-refractivity contribution in [3.63, 3.8) is 0 Å². The number of carbonyl (C=O) groups is 3. The first-order valence-electron chi connectivity index (χ1n) is 22.7. The van der Waals surface area contributed by atoms with E-state index in [9.17, 15) is 45.3 Å². The SMILES string of the molecule is CC(=O)O[C@@H]1C[C@]2(C)[C@H]3CC=C4[C@@H]5C[C@@](C)(CO)CC[C@]5(C(=O)O[C@@H]5O[C@H](CO)[C@@H](O)[C@H](O)[C@H]5O[C@@H]5O[C@@H](C)[C@H](O)[C@@H](O)[C@H]5O)CC[C@@]4(C)[C@]3(C)CC[C@H]2C(C)(C)[C@H]1OC(C)=O. The van der Waals surface area contributed by atoms with E-state index in [0.29, 0.717) is 44.9 Å². The predicted molar refractivity (Wildman–Crippen MR) is 218 cm³/mol. The smallest absolute Gasteiger partial charge is 0.315 e. The topological polar surface area (TPSA) is 248 Å². The number of allylic oxidation sites excluding steroid dienone is 2. The van der Waals surface area contributed by atoms with Crippen molar-refractivity contribution in [3.8, 4) is 0 Å². The fourth-order valence-corrected chi connectivity index (χ4v) is 14.3. The van der Waals surface area contributed by atoms with Crippen LogP contribution in [0.15, 0.2) is 11.6 Å². The average Bonchev–Trinajstić information content (AvgIpc) is 3.20. The highest BCUT2D eigenvalue weighted by Crippen LogP contribution is 2.76. The van der Waals surface area contributed by atoms with Crippen LogP contribution in [0.25, 0.3) is 0 Å². The molecule has 7 N–H and O–H groups in total. The lowest BCUT2D eigenvalue weighted by Gasteiger charge is -2.71. The van der Waals surface area contributed by atoms with Gasteiger partial charge in [0.2, 0.25) is 6.29 Å². The molecular weight excluding hydrogens is 808 g/mol. The number of esters is 3. The van der Waals surface area contributed by atoms with Crippen LogP contribution in [0.4, 0.5) is 0 Å². The molecule has 0 unspecified atom stereocenters. The quantitative estimate of drug-likeness (QED) is 0.105. The molecule has 352 valence electrons. The molecule has 7 rings (SSSR count). The highest BCUT2D eigenvalue weighted by Gasteiger charge is 2.71. The Hall–Kier alpha value is -2.25. The molecule has 0 aromatic carbocycles. The molecule has 16 nitrogen and oxygen atoms in total. The molecule has 2 saturated heterocycles. The molecule has 2 aliphatic heterocycles. The van der Waals surface area contributed by atoms with Gasteiger partial charge in [-0.15, -0.1) is 0 Å². The summed E-state index contributed by atoms with van der Waals surface area (Å²) in [5.74, 6) is -1.53. The monoisotopic (exact) mass is 880 g/mol. The first-order valence-corrected chi connectivity index (χ1v) is 22.7. The summed E-state index contributed by atoms with van der Waals surface area (Å²) in [6.45, 7) is 16.7. The second-order valence-corrected chi connectivity index (χ2v) is 21.8. The van der Waals surface area contributed by atoms with Crippen molar-refractivity contribution in [1.82, 2.24) is 0 Å². The summed E-state index contributed by atoms with van der Waals surface area (Å²) in [5.41, 5.74) is -1.94. The molecule has 0 aromatic heterocycles. The molecular formula is C46H72O16. The molecule has 0 bridgehead atoms. The van der Waals surface area contributed by atoms with E-state index in [1.807, 2.05) is 6.92 Å². The van der Waals surface area contributed by atoms with Crippen LogP contribution in [0.2, 0.25) is 0 Å². The molecule has 62 heavy (non-hydrogen) atoms. The standard InChI is InChI=1S/C46H72O16/c1-22-31(51)33(53)35(55)38(57-22)61-36-34(54)32(52)28(20-47)60-39(36)62-40(56)46-16-14-42(6,21-48)18-26(46)25-10-11-30-43(7)19-27(58-23(2)49)37(59-24(3)50)41(4,5)29(43)12-13-45(30,9)44(25,8)15-17-46/h10,22,26-39,47-48,51-55H,11-21H2,1-9H3/t22-,26-,27+,28+,29-,30+,31-,32+,33+,34-,35+,36+,37-,38-,39-,42-,43-,44+,45+,46-/m0/s1. The number of ether oxygens (including phenoxy) is 6. The second kappa shape index (κ2) is 16.6. The number of aliphatic hydroxyl groups excluding tert-OH is 7. The summed E-state index contributed by atoms with van der Waals surface area (Å²) in [4.78, 5) is 40.1. The van der Waals surface area contributed by atoms with Crippen molar-refractivity contribution in [1.29, 1.82) is 0 Å². The predicted octanol–water partition coefficient (Wildman–Crippen LogP) is 2.43. The molecule has 16 heteroatoms. The number of fused-ring (bicyclic) bond motifs is 7. The number of rotatable bonds is 8. The number of carbonyl (C=O) groups excluding carboxylic acids is 3. The lowest BCUT2D eigenvalue weighted by atomic mass is 9.33. The fourth-order valence-electron chi connectivity index (χ4n) is 14.3. The van der Waals surface area contributed by atoms with Gasteiger partial charge >= 0.3 is 17.9 Å². The minimum atomic E-state index is -1.79. The Labute approximate surface area is 364 Å². The second-order valence-electron chi connectivity index (χ2n) is 21.8. The van der Waals surface area contributed by atoms with E-state index in [2.05, 4.69) is 40.7 Å². The minimum absolute atomic E-state index is 0.0824. The average molecular weight is 881 g/mol. The summed E-state index contributed by atoms with van der Waals surface area (Å²) >= 11 is 0. The van der Waals surface area contributed by atoms with Gasteiger partial charge in [-0.2, -0.15) is 0 Å². The summed E-state index contributed by atoms with van der Waals surface area (Å²) in [6, 6.07) is 0. The largest absolute Gasteiger partial charge is 0.459 e. The molecule has 5 aliphatic carbocycles. The molecule has 20 atom stereocenters. The fraction of sp³-hybridized carbons (Fsp3) is 0.891. The van der Waals surface area contributed by atoms with Crippen molar-refractivity contribution in [2.24, 2.45) is 50.2 Å². The van der Waals surface area contributed by atoms with Gasteiger partial charge in [0, 0.05) is 25.9 Å². The Balaban J connectivity index is 1.23. The Morgan fingerprint density at radius 2 is 1.40 bits per heavy atom. The van der Waals surface area contributed by atoms with Crippen molar-refractivity contribution in [2.45, 2.75) is 194 Å². The van der Waals surface area contributed by atoms with Crippen LogP contribution >= 0.6 is 0 Å². The van der Waals surface area contributed by atoms with Crippen LogP contribution in [0, 0.1) is 50.2 Å². The van der Waals surface area contributed by atoms with Gasteiger partial charge in [0.25, 0.3) is 0 Å². The van der Waals surface area contributed by atoms with Crippen molar-refractivity contribution in [3.05, 3.63) is 11.6 Å². The van der Waals surface area contributed by atoms with Gasteiger partial charge in [-0.05, 0) is 104 Å². The maximum absolute atomic E-state index is 15.2. The lowest BCUT2D eigenvalue weighted by molar-refractivity contribution is -0.361. The highest BCUT2D eigenvalue weighted by molar-refractivity contribution is 5.79. The van der Waals surface area contributed by atoms with Gasteiger partial charge in [0.1, 0.15) is 48.8 Å². The summed E-state index contributed by atoms with van der Waals surface area (Å²) in [7, 11) is 0. The lowest BCUT2D eigenvalue weighted by Crippen LogP contribution is -2.68. The Morgan fingerprint density at radius 1 is 0.742 bits per heavy atom. The molecule has 2 heterocycles. The Morgan fingerprint density at radius 3 is 2.03 bits per heavy atom. The zero-order valence-electron chi connectivity index (χ0n) is 37.8. The molecule has 6 fully saturated rings. The van der Waals surface area contributed by atoms with E-state index < -0.39 is 120 Å². The first-order chi connectivity index (χ1) is 28.8. The van der Waals surface area contributed by atoms with E-state index in [-0.39, 0.29) is 35.2 Å². The first kappa shape index (κ1) is 47.7.